The second-order valence-corrected chi connectivity index (χ2v) is 6.49. The number of fused-ring (bicyclic) bond motifs is 1. The molecule has 0 bridgehead atoms. The highest BCUT2D eigenvalue weighted by Crippen LogP contribution is 2.36. The van der Waals surface area contributed by atoms with E-state index in [1.165, 1.54) is 29.5 Å². The average molecular weight is 385 g/mol. The number of anilines is 1. The fraction of sp³-hybridized carbons (Fsp3) is 0.222. The standard InChI is InChI=1S/C18H17F2N7O/c1-10-3-4-12(18(19,20)11(2)28)5-13(10)14-6-23-17-16(21)25-15(7-26(14)17)27-9-22-8-24-27/h3-9,11,28H,1-2H3,(H2,21,25). The van der Waals surface area contributed by atoms with Gasteiger partial charge in [0.05, 0.1) is 18.1 Å². The van der Waals surface area contributed by atoms with Gasteiger partial charge in [0.1, 0.15) is 18.8 Å². The molecule has 10 heteroatoms. The fourth-order valence-corrected chi connectivity index (χ4v) is 2.98. The molecular weight excluding hydrogens is 368 g/mol. The normalized spacial score (nSPS) is 13.2. The number of nitrogens with zero attached hydrogens (tertiary/aromatic N) is 6. The molecule has 1 aromatic carbocycles. The largest absolute Gasteiger partial charge is 0.387 e. The Hall–Kier alpha value is -3.40. The Bertz CT molecular complexity index is 1150. The van der Waals surface area contributed by atoms with E-state index in [1.807, 2.05) is 6.92 Å². The van der Waals surface area contributed by atoms with Gasteiger partial charge in [-0.3, -0.25) is 4.40 Å². The molecule has 144 valence electrons. The highest BCUT2D eigenvalue weighted by atomic mass is 19.3. The summed E-state index contributed by atoms with van der Waals surface area (Å²) < 4.78 is 31.8. The van der Waals surface area contributed by atoms with E-state index in [0.717, 1.165) is 12.5 Å². The second-order valence-electron chi connectivity index (χ2n) is 6.49. The van der Waals surface area contributed by atoms with Gasteiger partial charge in [-0.05, 0) is 25.5 Å². The van der Waals surface area contributed by atoms with Gasteiger partial charge in [-0.25, -0.2) is 19.6 Å². The van der Waals surface area contributed by atoms with Crippen molar-refractivity contribution in [3.05, 3.63) is 54.4 Å². The number of aromatic nitrogens is 6. The summed E-state index contributed by atoms with van der Waals surface area (Å²) in [5, 5.41) is 13.5. The van der Waals surface area contributed by atoms with Gasteiger partial charge in [-0.15, -0.1) is 0 Å². The lowest BCUT2D eigenvalue weighted by Gasteiger charge is -2.21. The zero-order valence-corrected chi connectivity index (χ0v) is 15.1. The smallest absolute Gasteiger partial charge is 0.298 e. The van der Waals surface area contributed by atoms with Crippen LogP contribution in [-0.4, -0.2) is 40.3 Å². The monoisotopic (exact) mass is 385 g/mol. The van der Waals surface area contributed by atoms with E-state index in [1.54, 1.807) is 22.9 Å². The molecule has 4 aromatic rings. The predicted molar refractivity (Wildman–Crippen MR) is 98.1 cm³/mol. The van der Waals surface area contributed by atoms with Gasteiger partial charge < -0.3 is 10.8 Å². The topological polar surface area (TPSA) is 107 Å². The number of imidazole rings is 1. The van der Waals surface area contributed by atoms with Crippen molar-refractivity contribution in [3.63, 3.8) is 0 Å². The molecule has 0 aliphatic heterocycles. The van der Waals surface area contributed by atoms with E-state index < -0.39 is 12.0 Å². The number of alkyl halides is 2. The minimum Gasteiger partial charge on any atom is -0.387 e. The van der Waals surface area contributed by atoms with Crippen molar-refractivity contribution in [1.29, 1.82) is 0 Å². The van der Waals surface area contributed by atoms with Crippen molar-refractivity contribution >= 4 is 11.5 Å². The quantitative estimate of drug-likeness (QED) is 0.558. The minimum absolute atomic E-state index is 0.169. The number of nitrogens with two attached hydrogens (primary N) is 1. The Labute approximate surface area is 158 Å². The lowest BCUT2D eigenvalue weighted by atomic mass is 9.97. The molecule has 0 spiro atoms. The van der Waals surface area contributed by atoms with Crippen molar-refractivity contribution in [2.45, 2.75) is 25.9 Å². The van der Waals surface area contributed by atoms with E-state index in [2.05, 4.69) is 20.1 Å². The molecule has 0 aliphatic carbocycles. The third-order valence-corrected chi connectivity index (χ3v) is 4.58. The van der Waals surface area contributed by atoms with Gasteiger partial charge in [0.15, 0.2) is 17.3 Å². The summed E-state index contributed by atoms with van der Waals surface area (Å²) in [5.74, 6) is -2.80. The van der Waals surface area contributed by atoms with Gasteiger partial charge >= 0.3 is 0 Å². The van der Waals surface area contributed by atoms with Crippen molar-refractivity contribution in [2.75, 3.05) is 5.73 Å². The molecule has 0 amide bonds. The maximum Gasteiger partial charge on any atom is 0.298 e. The molecule has 4 rings (SSSR count). The number of hydrogen-bond acceptors (Lipinski definition) is 6. The molecule has 3 N–H and O–H groups in total. The molecule has 0 saturated carbocycles. The van der Waals surface area contributed by atoms with E-state index >= 15 is 0 Å². The van der Waals surface area contributed by atoms with Crippen molar-refractivity contribution in [2.24, 2.45) is 0 Å². The Balaban J connectivity index is 1.93. The van der Waals surface area contributed by atoms with Crippen LogP contribution in [0.25, 0.3) is 22.7 Å². The summed E-state index contributed by atoms with van der Waals surface area (Å²) in [5.41, 5.74) is 8.01. The molecule has 1 unspecified atom stereocenters. The van der Waals surface area contributed by atoms with Crippen molar-refractivity contribution in [3.8, 4) is 17.1 Å². The van der Waals surface area contributed by atoms with Crippen LogP contribution in [0.2, 0.25) is 0 Å². The summed E-state index contributed by atoms with van der Waals surface area (Å²) in [6.07, 6.45) is 4.22. The summed E-state index contributed by atoms with van der Waals surface area (Å²) in [6.45, 7) is 2.87. The second kappa shape index (κ2) is 6.34. The van der Waals surface area contributed by atoms with Crippen LogP contribution in [0.15, 0.2) is 43.2 Å². The van der Waals surface area contributed by atoms with E-state index in [4.69, 9.17) is 5.73 Å². The first-order chi connectivity index (χ1) is 13.3. The minimum atomic E-state index is -3.38. The van der Waals surface area contributed by atoms with Crippen molar-refractivity contribution < 1.29 is 13.9 Å². The zero-order valence-electron chi connectivity index (χ0n) is 15.1. The van der Waals surface area contributed by atoms with Gasteiger partial charge in [-0.1, -0.05) is 12.1 Å². The first-order valence-electron chi connectivity index (χ1n) is 8.45. The highest BCUT2D eigenvalue weighted by molar-refractivity contribution is 5.72. The lowest BCUT2D eigenvalue weighted by molar-refractivity contribution is -0.106. The van der Waals surface area contributed by atoms with Gasteiger partial charge in [0.25, 0.3) is 5.92 Å². The third kappa shape index (κ3) is 2.78. The summed E-state index contributed by atoms with van der Waals surface area (Å²) >= 11 is 0. The predicted octanol–water partition coefficient (Wildman–Crippen LogP) is 2.34. The summed E-state index contributed by atoms with van der Waals surface area (Å²) in [4.78, 5) is 12.4. The summed E-state index contributed by atoms with van der Waals surface area (Å²) in [6, 6.07) is 4.26. The Kier molecular flexibility index (Phi) is 4.07. The van der Waals surface area contributed by atoms with E-state index in [0.29, 0.717) is 22.7 Å². The lowest BCUT2D eigenvalue weighted by Crippen LogP contribution is -2.28. The highest BCUT2D eigenvalue weighted by Gasteiger charge is 2.37. The molecule has 0 saturated heterocycles. The number of nitrogen functional groups attached to an aromatic ring is 1. The van der Waals surface area contributed by atoms with Crippen LogP contribution in [-0.2, 0) is 5.92 Å². The molecule has 3 heterocycles. The van der Waals surface area contributed by atoms with Crippen LogP contribution in [0, 0.1) is 6.92 Å². The van der Waals surface area contributed by atoms with Gasteiger partial charge in [0.2, 0.25) is 0 Å². The maximum absolute atomic E-state index is 14.3. The number of benzene rings is 1. The Morgan fingerprint density at radius 1 is 1.29 bits per heavy atom. The first kappa shape index (κ1) is 18.0. The maximum atomic E-state index is 14.3. The number of aryl methyl sites for hydroxylation is 1. The van der Waals surface area contributed by atoms with Crippen LogP contribution >= 0.6 is 0 Å². The Morgan fingerprint density at radius 3 is 2.75 bits per heavy atom. The number of rotatable bonds is 4. The van der Waals surface area contributed by atoms with Crippen LogP contribution in [0.5, 0.6) is 0 Å². The van der Waals surface area contributed by atoms with Gasteiger partial charge in [-0.2, -0.15) is 13.9 Å². The molecule has 0 aliphatic rings. The molecule has 8 nitrogen and oxygen atoms in total. The van der Waals surface area contributed by atoms with Crippen LogP contribution in [0.3, 0.4) is 0 Å². The average Bonchev–Trinajstić information content (AvgIpc) is 3.31. The molecule has 0 radical (unpaired) electrons. The van der Waals surface area contributed by atoms with Crippen molar-refractivity contribution in [1.82, 2.24) is 29.1 Å². The zero-order chi connectivity index (χ0) is 20.1. The van der Waals surface area contributed by atoms with Crippen LogP contribution in [0.1, 0.15) is 18.1 Å². The number of aliphatic hydroxyl groups is 1. The SMILES string of the molecule is Cc1ccc(C(F)(F)C(C)O)cc1-c1cnc2c(N)nc(-n3cncn3)cn12. The third-order valence-electron chi connectivity index (χ3n) is 4.58. The number of hydrogen-bond donors (Lipinski definition) is 2. The summed E-state index contributed by atoms with van der Waals surface area (Å²) in [7, 11) is 0. The number of aliphatic hydroxyl groups excluding tert-OH is 1. The van der Waals surface area contributed by atoms with Crippen LogP contribution in [0.4, 0.5) is 14.6 Å². The number of halogens is 2. The first-order valence-corrected chi connectivity index (χ1v) is 8.45. The molecular formula is C18H17F2N7O. The van der Waals surface area contributed by atoms with Gasteiger partial charge in [0, 0.05) is 11.1 Å². The molecule has 1 atom stereocenters. The van der Waals surface area contributed by atoms with E-state index in [9.17, 15) is 13.9 Å². The van der Waals surface area contributed by atoms with Crippen LogP contribution < -0.4 is 5.73 Å². The van der Waals surface area contributed by atoms with E-state index in [-0.39, 0.29) is 11.4 Å². The Morgan fingerprint density at radius 2 is 2.07 bits per heavy atom. The fourth-order valence-electron chi connectivity index (χ4n) is 2.98. The molecule has 0 fully saturated rings. The molecule has 28 heavy (non-hydrogen) atoms. The molecule has 3 aromatic heterocycles.